The van der Waals surface area contributed by atoms with Gasteiger partial charge in [0.05, 0.1) is 41.9 Å². The van der Waals surface area contributed by atoms with Crippen LogP contribution in [-0.2, 0) is 32.8 Å². The number of ether oxygens (including phenoxy) is 2. The van der Waals surface area contributed by atoms with E-state index < -0.39 is 26.0 Å². The summed E-state index contributed by atoms with van der Waals surface area (Å²) in [4.78, 5) is 17.5. The van der Waals surface area contributed by atoms with Crippen molar-refractivity contribution in [2.75, 3.05) is 24.8 Å². The largest absolute Gasteiger partial charge is 0.360 e. The van der Waals surface area contributed by atoms with Crippen LogP contribution in [0.1, 0.15) is 5.69 Å². The molecule has 0 saturated heterocycles. The van der Waals surface area contributed by atoms with E-state index in [0.717, 1.165) is 70.4 Å². The maximum Gasteiger partial charge on any atom is 0.199 e. The van der Waals surface area contributed by atoms with Crippen molar-refractivity contribution in [3.63, 3.8) is 0 Å². The van der Waals surface area contributed by atoms with Crippen LogP contribution in [0.5, 0.6) is 0 Å². The Morgan fingerprint density at radius 1 is 0.754 bits per heavy atom. The number of rotatable bonds is 15. The monoisotopic (exact) mass is 976 g/mol. The van der Waals surface area contributed by atoms with Crippen molar-refractivity contribution in [3.8, 4) is 22.5 Å². The Morgan fingerprint density at radius 2 is 1.26 bits per heavy atom. The Balaban J connectivity index is 0.000000194. The van der Waals surface area contributed by atoms with E-state index in [2.05, 4.69) is 111 Å². The zero-order valence-electron chi connectivity index (χ0n) is 33.1. The summed E-state index contributed by atoms with van der Waals surface area (Å²) >= 11 is 8.17. The van der Waals surface area contributed by atoms with Gasteiger partial charge in [-0.25, -0.2) is 37.7 Å². The molecule has 0 aliphatic rings. The van der Waals surface area contributed by atoms with Gasteiger partial charge in [-0.3, -0.25) is 8.80 Å². The summed E-state index contributed by atoms with van der Waals surface area (Å²) in [6.07, 6.45) is 15.5. The standard InChI is InChI=1S/C19H24BrN7OSSi.C16H22BrN5O3SSi/c1-13-7-17(29-25-13)24-18-19-21-9-15(27(19)11-16(20)23-18)14-8-22-26(10-14)12-28-5-6-30(2,3)4;1-26(23,24)16-15-18-8-13(22(15)10-14(17)20-16)12-7-19-21(9-12)11-25-5-6-27(2,3)4/h7-11H,5-6,12H2,1-4H3,(H,23,24);7-10H,5-6,11H2,1-4H3. The summed E-state index contributed by atoms with van der Waals surface area (Å²) in [5, 5.41) is 12.9. The zero-order chi connectivity index (χ0) is 41.1. The minimum Gasteiger partial charge on any atom is -0.360 e. The maximum atomic E-state index is 12.0. The number of sulfone groups is 1. The summed E-state index contributed by atoms with van der Waals surface area (Å²) in [5.74, 6) is 0.668. The lowest BCUT2D eigenvalue weighted by Gasteiger charge is -2.15. The SMILES string of the molecule is C[Si](C)(C)CCOCn1cc(-c2cnc3c(S(C)(=O)=O)nc(Br)cn23)cn1.Cc1cc(Nc2nc(Br)cn3c(-c4cnn(COCC[Si](C)(C)C)c4)cnc23)sn1. The Labute approximate surface area is 354 Å². The van der Waals surface area contributed by atoms with Crippen LogP contribution >= 0.6 is 43.4 Å². The topological polar surface area (TPSA) is 174 Å². The average molecular weight is 979 g/mol. The van der Waals surface area contributed by atoms with E-state index in [0.29, 0.717) is 28.5 Å². The van der Waals surface area contributed by atoms with Crippen molar-refractivity contribution in [1.82, 2.24) is 52.7 Å². The van der Waals surface area contributed by atoms with Gasteiger partial charge in [-0.05, 0) is 68.5 Å². The van der Waals surface area contributed by atoms with Crippen LogP contribution in [0.2, 0.25) is 51.4 Å². The number of aromatic nitrogens is 11. The molecule has 7 rings (SSSR count). The fourth-order valence-corrected chi connectivity index (χ4v) is 9.20. The molecule has 0 fully saturated rings. The molecule has 0 amide bonds. The van der Waals surface area contributed by atoms with Crippen molar-refractivity contribution in [2.45, 2.75) is 76.8 Å². The molecule has 16 nitrogen and oxygen atoms in total. The lowest BCUT2D eigenvalue weighted by molar-refractivity contribution is 0.0785. The number of halogens is 2. The number of nitrogens with one attached hydrogen (secondary N) is 1. The average Bonchev–Trinajstić information content (AvgIpc) is 3.95. The van der Waals surface area contributed by atoms with Crippen molar-refractivity contribution in [1.29, 1.82) is 0 Å². The second-order valence-electron chi connectivity index (χ2n) is 15.9. The highest BCUT2D eigenvalue weighted by Gasteiger charge is 2.21. The number of anilines is 2. The summed E-state index contributed by atoms with van der Waals surface area (Å²) in [7, 11) is -5.71. The lowest BCUT2D eigenvalue weighted by Crippen LogP contribution is -2.22. The number of fused-ring (bicyclic) bond motifs is 2. The number of imidazole rings is 2. The minimum absolute atomic E-state index is 0.0646. The first kappa shape index (κ1) is 42.9. The van der Waals surface area contributed by atoms with Crippen LogP contribution in [-0.4, -0.2) is 96.7 Å². The van der Waals surface area contributed by atoms with Crippen molar-refractivity contribution >= 4 is 91.5 Å². The molecule has 0 radical (unpaired) electrons. The van der Waals surface area contributed by atoms with Gasteiger partial charge in [0.25, 0.3) is 0 Å². The molecule has 0 spiro atoms. The fraction of sp³-hybridized carbons (Fsp3) is 0.400. The third-order valence-corrected chi connectivity index (χ3v) is 14.4. The molecule has 57 heavy (non-hydrogen) atoms. The van der Waals surface area contributed by atoms with Gasteiger partial charge in [0.1, 0.15) is 27.7 Å². The summed E-state index contributed by atoms with van der Waals surface area (Å²) in [6, 6.07) is 4.23. The van der Waals surface area contributed by atoms with E-state index in [1.54, 1.807) is 27.7 Å². The van der Waals surface area contributed by atoms with E-state index in [1.807, 2.05) is 53.1 Å². The van der Waals surface area contributed by atoms with Gasteiger partial charge in [0.2, 0.25) is 0 Å². The van der Waals surface area contributed by atoms with Crippen molar-refractivity contribution in [2.24, 2.45) is 0 Å². The molecular formula is C35H46Br2N12O4S2Si2. The van der Waals surface area contributed by atoms with Gasteiger partial charge in [0.15, 0.2) is 32.0 Å². The second-order valence-corrected chi connectivity index (χ2v) is 31.5. The molecular weight excluding hydrogens is 933 g/mol. The Bertz CT molecular complexity index is 2590. The Hall–Kier alpha value is -3.65. The predicted molar refractivity (Wildman–Crippen MR) is 235 cm³/mol. The minimum atomic E-state index is -3.50. The van der Waals surface area contributed by atoms with Gasteiger partial charge < -0.3 is 14.8 Å². The molecule has 7 aromatic heterocycles. The molecule has 0 unspecified atom stereocenters. The molecule has 0 atom stereocenters. The quantitative estimate of drug-likeness (QED) is 0.0771. The third-order valence-electron chi connectivity index (χ3n) is 8.41. The molecule has 0 aromatic carbocycles. The van der Waals surface area contributed by atoms with Crippen molar-refractivity contribution in [3.05, 3.63) is 70.5 Å². The Kier molecular flexibility index (Phi) is 13.3. The fourth-order valence-electron chi connectivity index (χ4n) is 5.40. The van der Waals surface area contributed by atoms with Crippen LogP contribution in [0.25, 0.3) is 33.8 Å². The highest BCUT2D eigenvalue weighted by molar-refractivity contribution is 9.10. The molecule has 0 saturated carbocycles. The van der Waals surface area contributed by atoms with Gasteiger partial charge >= 0.3 is 0 Å². The molecule has 7 heterocycles. The van der Waals surface area contributed by atoms with Crippen LogP contribution in [0, 0.1) is 6.92 Å². The highest BCUT2D eigenvalue weighted by atomic mass is 79.9. The molecule has 7 aromatic rings. The van der Waals surface area contributed by atoms with Crippen LogP contribution in [0.15, 0.2) is 69.9 Å². The first-order valence-electron chi connectivity index (χ1n) is 18.0. The van der Waals surface area contributed by atoms with Crippen LogP contribution < -0.4 is 5.32 Å². The predicted octanol–water partition coefficient (Wildman–Crippen LogP) is 8.25. The number of aryl methyl sites for hydroxylation is 1. The van der Waals surface area contributed by atoms with Gasteiger partial charge in [0, 0.05) is 71.5 Å². The molecule has 1 N–H and O–H groups in total. The molecule has 304 valence electrons. The highest BCUT2D eigenvalue weighted by Crippen LogP contribution is 2.29. The van der Waals surface area contributed by atoms with E-state index in [4.69, 9.17) is 9.47 Å². The molecule has 0 aliphatic carbocycles. The van der Waals surface area contributed by atoms with Gasteiger partial charge in [-0.1, -0.05) is 39.3 Å². The summed E-state index contributed by atoms with van der Waals surface area (Å²) in [5.41, 5.74) is 5.43. The molecule has 0 bridgehead atoms. The van der Waals surface area contributed by atoms with Crippen LogP contribution in [0.3, 0.4) is 0 Å². The van der Waals surface area contributed by atoms with E-state index in [1.165, 1.54) is 11.5 Å². The first-order chi connectivity index (χ1) is 26.8. The Morgan fingerprint density at radius 3 is 1.75 bits per heavy atom. The lowest BCUT2D eigenvalue weighted by atomic mass is 10.3. The van der Waals surface area contributed by atoms with Crippen LogP contribution in [0.4, 0.5) is 10.8 Å². The maximum absolute atomic E-state index is 12.0. The molecule has 22 heteroatoms. The smallest absolute Gasteiger partial charge is 0.199 e. The summed E-state index contributed by atoms with van der Waals surface area (Å²) < 4.78 is 48.2. The van der Waals surface area contributed by atoms with E-state index >= 15 is 0 Å². The number of nitrogens with zero attached hydrogens (tertiary/aromatic N) is 11. The van der Waals surface area contributed by atoms with Crippen molar-refractivity contribution < 1.29 is 17.9 Å². The second kappa shape index (κ2) is 17.7. The molecule has 0 aliphatic heterocycles. The normalized spacial score (nSPS) is 12.4. The summed E-state index contributed by atoms with van der Waals surface area (Å²) in [6.45, 7) is 18.2. The number of hydrogen-bond donors (Lipinski definition) is 1. The number of hydrogen-bond acceptors (Lipinski definition) is 13. The van der Waals surface area contributed by atoms with Gasteiger partial charge in [-0.15, -0.1) is 0 Å². The first-order valence-corrected chi connectivity index (χ1v) is 29.7. The van der Waals surface area contributed by atoms with E-state index in [-0.39, 0.29) is 10.7 Å². The van der Waals surface area contributed by atoms with E-state index in [9.17, 15) is 8.42 Å². The third kappa shape index (κ3) is 11.5. The zero-order valence-corrected chi connectivity index (χ0v) is 39.9. The van der Waals surface area contributed by atoms with Gasteiger partial charge in [-0.2, -0.15) is 14.6 Å².